The van der Waals surface area contributed by atoms with Gasteiger partial charge in [0.25, 0.3) is 0 Å². The number of imide groups is 1. The molecule has 8 heteroatoms. The normalized spacial score (nSPS) is 11.7. The van der Waals surface area contributed by atoms with Gasteiger partial charge >= 0.3 is 6.03 Å². The van der Waals surface area contributed by atoms with Crippen molar-refractivity contribution in [1.29, 1.82) is 5.26 Å². The van der Waals surface area contributed by atoms with Gasteiger partial charge in [-0.3, -0.25) is 10.1 Å². The first-order valence-corrected chi connectivity index (χ1v) is 10.4. The van der Waals surface area contributed by atoms with Gasteiger partial charge in [0.2, 0.25) is 5.91 Å². The van der Waals surface area contributed by atoms with Crippen LogP contribution in [-0.4, -0.2) is 26.7 Å². The van der Waals surface area contributed by atoms with E-state index in [0.29, 0.717) is 23.8 Å². The summed E-state index contributed by atoms with van der Waals surface area (Å²) in [6.45, 7) is 6.08. The van der Waals surface area contributed by atoms with E-state index in [-0.39, 0.29) is 0 Å². The second kappa shape index (κ2) is 9.46. The van der Waals surface area contributed by atoms with E-state index < -0.39 is 17.2 Å². The highest BCUT2D eigenvalue weighted by molar-refractivity contribution is 8.00. The number of carbonyl (C=O) groups excluding carboxylic acids is 2. The molecule has 1 aromatic heterocycles. The summed E-state index contributed by atoms with van der Waals surface area (Å²) in [5.74, 6) is -0.416. The van der Waals surface area contributed by atoms with Crippen molar-refractivity contribution in [3.63, 3.8) is 0 Å². The fraction of sp³-hybridized carbons (Fsp3) is 0.273. The Bertz CT molecular complexity index is 1130. The minimum absolute atomic E-state index is 0.340. The summed E-state index contributed by atoms with van der Waals surface area (Å²) in [7, 11) is 0. The van der Waals surface area contributed by atoms with Crippen LogP contribution in [0, 0.1) is 25.2 Å². The minimum Gasteiger partial charge on any atom is -0.318 e. The molecule has 0 aliphatic carbocycles. The summed E-state index contributed by atoms with van der Waals surface area (Å²) in [5, 5.41) is 14.1. The van der Waals surface area contributed by atoms with Gasteiger partial charge in [-0.1, -0.05) is 41.6 Å². The summed E-state index contributed by atoms with van der Waals surface area (Å²) in [5.41, 5.74) is 4.39. The number of hydrogen-bond acceptors (Lipinski definition) is 5. The summed E-state index contributed by atoms with van der Waals surface area (Å²) >= 11 is 1.26. The third-order valence-corrected chi connectivity index (χ3v) is 5.68. The average Bonchev–Trinajstić information content (AvgIpc) is 3.05. The number of urea groups is 1. The molecule has 3 rings (SSSR count). The molecule has 7 nitrogen and oxygen atoms in total. The lowest BCUT2D eigenvalue weighted by molar-refractivity contribution is -0.119. The van der Waals surface area contributed by atoms with E-state index in [2.05, 4.69) is 21.7 Å². The van der Waals surface area contributed by atoms with Crippen molar-refractivity contribution in [2.75, 3.05) is 5.32 Å². The highest BCUT2D eigenvalue weighted by Crippen LogP contribution is 2.27. The number of benzene rings is 2. The number of para-hydroxylation sites is 2. The molecular weight excluding hydrogens is 398 g/mol. The maximum atomic E-state index is 12.5. The molecule has 3 aromatic rings. The molecule has 0 saturated heterocycles. The van der Waals surface area contributed by atoms with Gasteiger partial charge in [-0.2, -0.15) is 5.26 Å². The summed E-state index contributed by atoms with van der Waals surface area (Å²) < 4.78 is 1.93. The number of imidazole rings is 1. The number of carbonyl (C=O) groups is 2. The van der Waals surface area contributed by atoms with Crippen molar-refractivity contribution in [1.82, 2.24) is 14.9 Å². The molecule has 0 fully saturated rings. The van der Waals surface area contributed by atoms with Crippen LogP contribution in [0.2, 0.25) is 0 Å². The number of rotatable bonds is 6. The second-order valence-electron chi connectivity index (χ2n) is 6.96. The molecule has 30 heavy (non-hydrogen) atoms. The predicted molar refractivity (Wildman–Crippen MR) is 118 cm³/mol. The van der Waals surface area contributed by atoms with Crippen molar-refractivity contribution in [2.45, 2.75) is 44.1 Å². The monoisotopic (exact) mass is 421 g/mol. The van der Waals surface area contributed by atoms with Crippen molar-refractivity contribution in [2.24, 2.45) is 0 Å². The third-order valence-electron chi connectivity index (χ3n) is 4.58. The van der Waals surface area contributed by atoms with Gasteiger partial charge < -0.3 is 9.88 Å². The van der Waals surface area contributed by atoms with Crippen LogP contribution in [0.25, 0.3) is 11.0 Å². The molecule has 0 radical (unpaired) electrons. The molecule has 1 heterocycles. The highest BCUT2D eigenvalue weighted by Gasteiger charge is 2.21. The van der Waals surface area contributed by atoms with Gasteiger partial charge in [0.1, 0.15) is 0 Å². The van der Waals surface area contributed by atoms with E-state index in [1.807, 2.05) is 60.9 Å². The molecule has 2 N–H and O–H groups in total. The number of amides is 3. The maximum Gasteiger partial charge on any atom is 0.325 e. The first kappa shape index (κ1) is 21.4. The maximum absolute atomic E-state index is 12.5. The number of anilines is 1. The Labute approximate surface area is 179 Å². The van der Waals surface area contributed by atoms with Crippen LogP contribution < -0.4 is 10.6 Å². The van der Waals surface area contributed by atoms with Gasteiger partial charge in [-0.25, -0.2) is 9.78 Å². The lowest BCUT2D eigenvalue weighted by atomic mass is 10.1. The van der Waals surface area contributed by atoms with E-state index >= 15 is 0 Å². The van der Waals surface area contributed by atoms with Crippen LogP contribution in [0.3, 0.4) is 0 Å². The molecule has 3 amide bonds. The Balaban J connectivity index is 1.68. The number of thioether (sulfide) groups is 1. The van der Waals surface area contributed by atoms with E-state index in [1.54, 1.807) is 6.92 Å². The first-order chi connectivity index (χ1) is 14.4. The zero-order valence-electron chi connectivity index (χ0n) is 17.1. The van der Waals surface area contributed by atoms with Gasteiger partial charge in [0.15, 0.2) is 5.16 Å². The molecule has 0 spiro atoms. The van der Waals surface area contributed by atoms with Gasteiger partial charge in [-0.05, 0) is 44.5 Å². The summed E-state index contributed by atoms with van der Waals surface area (Å²) in [6.07, 6.45) is 0.340. The number of nitrogens with one attached hydrogen (secondary N) is 2. The Hall–Kier alpha value is -3.31. The van der Waals surface area contributed by atoms with Crippen LogP contribution >= 0.6 is 11.8 Å². The number of fused-ring (bicyclic) bond motifs is 1. The van der Waals surface area contributed by atoms with Crippen molar-refractivity contribution >= 4 is 40.4 Å². The Morgan fingerprint density at radius 2 is 2.00 bits per heavy atom. The van der Waals surface area contributed by atoms with Crippen LogP contribution in [0.5, 0.6) is 0 Å². The van der Waals surface area contributed by atoms with E-state index in [0.717, 1.165) is 22.2 Å². The minimum atomic E-state index is -0.572. The molecule has 0 saturated carbocycles. The fourth-order valence-electron chi connectivity index (χ4n) is 3.05. The third kappa shape index (κ3) is 4.99. The Morgan fingerprint density at radius 1 is 1.23 bits per heavy atom. The Morgan fingerprint density at radius 3 is 2.73 bits per heavy atom. The highest BCUT2D eigenvalue weighted by atomic mass is 32.2. The van der Waals surface area contributed by atoms with Crippen LogP contribution in [0.4, 0.5) is 10.5 Å². The molecule has 0 bridgehead atoms. The van der Waals surface area contributed by atoms with E-state index in [1.165, 1.54) is 11.8 Å². The van der Waals surface area contributed by atoms with Gasteiger partial charge in [0, 0.05) is 12.2 Å². The molecule has 1 atom stereocenters. The second-order valence-corrected chi connectivity index (χ2v) is 8.27. The number of nitriles is 1. The molecule has 154 valence electrons. The lowest BCUT2D eigenvalue weighted by Gasteiger charge is -2.14. The smallest absolute Gasteiger partial charge is 0.318 e. The average molecular weight is 422 g/mol. The Kier molecular flexibility index (Phi) is 6.75. The quantitative estimate of drug-likeness (QED) is 0.575. The van der Waals surface area contributed by atoms with Crippen molar-refractivity contribution in [3.8, 4) is 6.07 Å². The molecule has 1 unspecified atom stereocenters. The zero-order chi connectivity index (χ0) is 21.7. The lowest BCUT2D eigenvalue weighted by Crippen LogP contribution is -2.39. The standard InChI is InChI=1S/C22H23N5O2S/c1-14-9-10-17(15(2)13-14)24-21(29)26-20(28)16(3)30-22-25-18-7-4-5-8-19(18)27(22)12-6-11-23/h4-5,7-10,13,16H,6,12H2,1-3H3,(H2,24,26,28,29). The molecular formula is C22H23N5O2S. The van der Waals surface area contributed by atoms with E-state index in [4.69, 9.17) is 5.26 Å². The fourth-order valence-corrected chi connectivity index (χ4v) is 4.00. The van der Waals surface area contributed by atoms with Crippen LogP contribution in [0.1, 0.15) is 24.5 Å². The molecule has 2 aromatic carbocycles. The number of aromatic nitrogens is 2. The van der Waals surface area contributed by atoms with Crippen LogP contribution in [0.15, 0.2) is 47.6 Å². The van der Waals surface area contributed by atoms with Gasteiger partial charge in [-0.15, -0.1) is 0 Å². The number of nitrogens with zero attached hydrogens (tertiary/aromatic N) is 3. The molecule has 0 aliphatic rings. The predicted octanol–water partition coefficient (Wildman–Crippen LogP) is 4.40. The topological polar surface area (TPSA) is 99.8 Å². The van der Waals surface area contributed by atoms with E-state index in [9.17, 15) is 9.59 Å². The van der Waals surface area contributed by atoms with Crippen molar-refractivity contribution in [3.05, 3.63) is 53.6 Å². The van der Waals surface area contributed by atoms with Crippen molar-refractivity contribution < 1.29 is 9.59 Å². The summed E-state index contributed by atoms with van der Waals surface area (Å²) in [4.78, 5) is 29.4. The zero-order valence-corrected chi connectivity index (χ0v) is 17.9. The number of aryl methyl sites for hydroxylation is 3. The first-order valence-electron chi connectivity index (χ1n) is 9.57. The summed E-state index contributed by atoms with van der Waals surface area (Å²) in [6, 6.07) is 14.9. The largest absolute Gasteiger partial charge is 0.325 e. The van der Waals surface area contributed by atoms with Crippen LogP contribution in [-0.2, 0) is 11.3 Å². The SMILES string of the molecule is Cc1ccc(NC(=O)NC(=O)C(C)Sc2nc3ccccc3n2CCC#N)c(C)c1. The molecule has 0 aliphatic heterocycles. The van der Waals surface area contributed by atoms with Gasteiger partial charge in [0.05, 0.1) is 28.8 Å². The number of hydrogen-bond donors (Lipinski definition) is 2.